The number of hydrogen-bond donors (Lipinski definition) is 1. The number of nitriles is 1. The van der Waals surface area contributed by atoms with Crippen molar-refractivity contribution >= 4 is 0 Å². The molecule has 1 aromatic carbocycles. The van der Waals surface area contributed by atoms with Gasteiger partial charge >= 0.3 is 0 Å². The van der Waals surface area contributed by atoms with Crippen LogP contribution in [-0.2, 0) is 11.3 Å². The standard InChI is InChI=1S/C13H16N2O/c1-11-2-4-12(5-3-11)6-15-8-13(7-14)9-16-10-13/h2-5,15H,6,8-10H2,1H3. The Morgan fingerprint density at radius 1 is 1.38 bits per heavy atom. The molecular weight excluding hydrogens is 200 g/mol. The van der Waals surface area contributed by atoms with E-state index >= 15 is 0 Å². The molecule has 1 heterocycles. The minimum absolute atomic E-state index is 0.287. The maximum Gasteiger partial charge on any atom is 0.116 e. The molecule has 2 rings (SSSR count). The molecule has 0 aromatic heterocycles. The van der Waals surface area contributed by atoms with Crippen LogP contribution in [0.25, 0.3) is 0 Å². The van der Waals surface area contributed by atoms with Crippen LogP contribution >= 0.6 is 0 Å². The number of hydrogen-bond acceptors (Lipinski definition) is 3. The van der Waals surface area contributed by atoms with Gasteiger partial charge in [-0.25, -0.2) is 0 Å². The van der Waals surface area contributed by atoms with E-state index < -0.39 is 0 Å². The van der Waals surface area contributed by atoms with Crippen molar-refractivity contribution in [2.45, 2.75) is 13.5 Å². The lowest BCUT2D eigenvalue weighted by atomic mass is 9.88. The molecule has 0 aliphatic carbocycles. The Balaban J connectivity index is 1.80. The highest BCUT2D eigenvalue weighted by Gasteiger charge is 2.38. The Morgan fingerprint density at radius 2 is 2.06 bits per heavy atom. The van der Waals surface area contributed by atoms with Crippen LogP contribution in [0, 0.1) is 23.7 Å². The highest BCUT2D eigenvalue weighted by atomic mass is 16.5. The van der Waals surface area contributed by atoms with Crippen LogP contribution in [0.1, 0.15) is 11.1 Å². The summed E-state index contributed by atoms with van der Waals surface area (Å²) in [6.07, 6.45) is 0. The van der Waals surface area contributed by atoms with Gasteiger partial charge in [0, 0.05) is 13.1 Å². The third kappa shape index (κ3) is 2.41. The summed E-state index contributed by atoms with van der Waals surface area (Å²) in [5.74, 6) is 0. The minimum atomic E-state index is -0.287. The van der Waals surface area contributed by atoms with Crippen molar-refractivity contribution in [3.63, 3.8) is 0 Å². The Hall–Kier alpha value is -1.37. The van der Waals surface area contributed by atoms with Crippen LogP contribution in [0.15, 0.2) is 24.3 Å². The molecule has 1 saturated heterocycles. The minimum Gasteiger partial charge on any atom is -0.378 e. The van der Waals surface area contributed by atoms with E-state index in [1.54, 1.807) is 0 Å². The number of aryl methyl sites for hydroxylation is 1. The van der Waals surface area contributed by atoms with Crippen LogP contribution in [0.5, 0.6) is 0 Å². The van der Waals surface area contributed by atoms with Gasteiger partial charge in [0.15, 0.2) is 0 Å². The molecule has 0 spiro atoms. The SMILES string of the molecule is Cc1ccc(CNCC2(C#N)COC2)cc1. The Bertz CT molecular complexity index is 387. The van der Waals surface area contributed by atoms with E-state index in [-0.39, 0.29) is 5.41 Å². The molecule has 1 fully saturated rings. The monoisotopic (exact) mass is 216 g/mol. The lowest BCUT2D eigenvalue weighted by molar-refractivity contribution is -0.0755. The molecule has 1 N–H and O–H groups in total. The van der Waals surface area contributed by atoms with Gasteiger partial charge in [-0.05, 0) is 12.5 Å². The largest absolute Gasteiger partial charge is 0.378 e. The lowest BCUT2D eigenvalue weighted by Gasteiger charge is -2.35. The number of ether oxygens (including phenoxy) is 1. The molecule has 3 heteroatoms. The van der Waals surface area contributed by atoms with Gasteiger partial charge < -0.3 is 10.1 Å². The summed E-state index contributed by atoms with van der Waals surface area (Å²) in [6, 6.07) is 10.7. The molecular formula is C13H16N2O. The topological polar surface area (TPSA) is 45.0 Å². The third-order valence-electron chi connectivity index (χ3n) is 2.91. The van der Waals surface area contributed by atoms with Crippen molar-refractivity contribution in [1.82, 2.24) is 5.32 Å². The zero-order valence-electron chi connectivity index (χ0n) is 9.49. The van der Waals surface area contributed by atoms with Gasteiger partial charge in [-0.2, -0.15) is 5.26 Å². The van der Waals surface area contributed by atoms with E-state index in [0.29, 0.717) is 19.8 Å². The zero-order valence-corrected chi connectivity index (χ0v) is 9.49. The zero-order chi connectivity index (χ0) is 11.4. The smallest absolute Gasteiger partial charge is 0.116 e. The average molecular weight is 216 g/mol. The fourth-order valence-corrected chi connectivity index (χ4v) is 1.71. The summed E-state index contributed by atoms with van der Waals surface area (Å²) < 4.78 is 5.09. The summed E-state index contributed by atoms with van der Waals surface area (Å²) in [5.41, 5.74) is 2.23. The number of nitrogens with zero attached hydrogens (tertiary/aromatic N) is 1. The predicted molar refractivity (Wildman–Crippen MR) is 61.8 cm³/mol. The molecule has 1 aliphatic rings. The van der Waals surface area contributed by atoms with E-state index in [2.05, 4.69) is 42.6 Å². The van der Waals surface area contributed by atoms with E-state index in [1.807, 2.05) is 0 Å². The van der Waals surface area contributed by atoms with Gasteiger partial charge in [-0.15, -0.1) is 0 Å². The van der Waals surface area contributed by atoms with Crippen molar-refractivity contribution in [3.05, 3.63) is 35.4 Å². The molecule has 16 heavy (non-hydrogen) atoms. The van der Waals surface area contributed by atoms with Crippen LogP contribution in [0.4, 0.5) is 0 Å². The summed E-state index contributed by atoms with van der Waals surface area (Å²) in [5, 5.41) is 12.3. The van der Waals surface area contributed by atoms with Gasteiger partial charge in [0.25, 0.3) is 0 Å². The van der Waals surface area contributed by atoms with E-state index in [9.17, 15) is 0 Å². The first-order valence-corrected chi connectivity index (χ1v) is 5.49. The average Bonchev–Trinajstić information content (AvgIpc) is 2.25. The fourth-order valence-electron chi connectivity index (χ4n) is 1.71. The second-order valence-electron chi connectivity index (χ2n) is 4.47. The van der Waals surface area contributed by atoms with Gasteiger partial charge in [0.1, 0.15) is 5.41 Å². The Morgan fingerprint density at radius 3 is 2.56 bits per heavy atom. The number of benzene rings is 1. The summed E-state index contributed by atoms with van der Waals surface area (Å²) in [6.45, 7) is 4.71. The summed E-state index contributed by atoms with van der Waals surface area (Å²) >= 11 is 0. The molecule has 0 radical (unpaired) electrons. The summed E-state index contributed by atoms with van der Waals surface area (Å²) in [4.78, 5) is 0. The molecule has 1 aliphatic heterocycles. The van der Waals surface area contributed by atoms with Gasteiger partial charge in [-0.3, -0.25) is 0 Å². The maximum atomic E-state index is 9.00. The number of nitrogens with one attached hydrogen (secondary N) is 1. The van der Waals surface area contributed by atoms with Crippen molar-refractivity contribution in [2.24, 2.45) is 5.41 Å². The molecule has 0 bridgehead atoms. The molecule has 0 saturated carbocycles. The van der Waals surface area contributed by atoms with Crippen molar-refractivity contribution < 1.29 is 4.74 Å². The van der Waals surface area contributed by atoms with Crippen LogP contribution < -0.4 is 5.32 Å². The number of rotatable bonds is 4. The lowest BCUT2D eigenvalue weighted by Crippen LogP contribution is -2.48. The highest BCUT2D eigenvalue weighted by Crippen LogP contribution is 2.25. The van der Waals surface area contributed by atoms with E-state index in [4.69, 9.17) is 10.00 Å². The van der Waals surface area contributed by atoms with Crippen molar-refractivity contribution in [2.75, 3.05) is 19.8 Å². The normalized spacial score (nSPS) is 17.5. The predicted octanol–water partition coefficient (Wildman–Crippen LogP) is 1.62. The Kier molecular flexibility index (Phi) is 3.23. The van der Waals surface area contributed by atoms with Crippen LogP contribution in [-0.4, -0.2) is 19.8 Å². The van der Waals surface area contributed by atoms with Crippen molar-refractivity contribution in [1.29, 1.82) is 5.26 Å². The first-order valence-electron chi connectivity index (χ1n) is 5.49. The Labute approximate surface area is 96.0 Å². The second kappa shape index (κ2) is 4.65. The quantitative estimate of drug-likeness (QED) is 0.832. The first-order chi connectivity index (χ1) is 7.74. The summed E-state index contributed by atoms with van der Waals surface area (Å²) in [7, 11) is 0. The second-order valence-corrected chi connectivity index (χ2v) is 4.47. The molecule has 84 valence electrons. The van der Waals surface area contributed by atoms with Gasteiger partial charge in [-0.1, -0.05) is 29.8 Å². The van der Waals surface area contributed by atoms with Crippen molar-refractivity contribution in [3.8, 4) is 6.07 Å². The fraction of sp³-hybridized carbons (Fsp3) is 0.462. The van der Waals surface area contributed by atoms with Crippen LogP contribution in [0.3, 0.4) is 0 Å². The molecule has 0 unspecified atom stereocenters. The third-order valence-corrected chi connectivity index (χ3v) is 2.91. The van der Waals surface area contributed by atoms with E-state index in [1.165, 1.54) is 11.1 Å². The van der Waals surface area contributed by atoms with Gasteiger partial charge in [0.2, 0.25) is 0 Å². The molecule has 1 aromatic rings. The molecule has 0 amide bonds. The van der Waals surface area contributed by atoms with Crippen LogP contribution in [0.2, 0.25) is 0 Å². The van der Waals surface area contributed by atoms with Gasteiger partial charge in [0.05, 0.1) is 19.3 Å². The molecule has 0 atom stereocenters. The van der Waals surface area contributed by atoms with E-state index in [0.717, 1.165) is 6.54 Å². The molecule has 3 nitrogen and oxygen atoms in total. The first kappa shape index (κ1) is 11.1. The maximum absolute atomic E-state index is 9.00. The highest BCUT2D eigenvalue weighted by molar-refractivity contribution is 5.21.